The number of esters is 2. The molecule has 0 aliphatic carbocycles. The number of rotatable bonds is 10. The van der Waals surface area contributed by atoms with Crippen molar-refractivity contribution in [3.63, 3.8) is 0 Å². The van der Waals surface area contributed by atoms with Crippen LogP contribution < -0.4 is 9.80 Å². The first-order chi connectivity index (χ1) is 28.0. The molecule has 6 aromatic carbocycles. The number of methoxy groups -OCH3 is 2. The summed E-state index contributed by atoms with van der Waals surface area (Å²) in [5, 5.41) is 0. The summed E-state index contributed by atoms with van der Waals surface area (Å²) in [6.07, 6.45) is -0.405. The zero-order valence-corrected chi connectivity index (χ0v) is 31.6. The second-order valence-corrected chi connectivity index (χ2v) is 12.6. The fraction of sp³-hybridized carbons (Fsp3) is 0.0980. The summed E-state index contributed by atoms with van der Waals surface area (Å²) in [6.45, 7) is 0. The van der Waals surface area contributed by atoms with Gasteiger partial charge in [-0.05, 0) is 121 Å². The zero-order chi connectivity index (χ0) is 39.7. The Morgan fingerprint density at radius 1 is 0.421 bits per heavy atom. The summed E-state index contributed by atoms with van der Waals surface area (Å²) in [5.74, 6) is 21.4. The normalized spacial score (nSPS) is 10.0. The molecule has 0 heterocycles. The summed E-state index contributed by atoms with van der Waals surface area (Å²) in [4.78, 5) is 30.4. The van der Waals surface area contributed by atoms with Gasteiger partial charge in [0.2, 0.25) is 0 Å². The maximum Gasteiger partial charge on any atom is 0.325 e. The van der Waals surface area contributed by atoms with Crippen LogP contribution in [0.25, 0.3) is 0 Å². The van der Waals surface area contributed by atoms with E-state index in [9.17, 15) is 9.59 Å². The van der Waals surface area contributed by atoms with E-state index in [1.165, 1.54) is 14.2 Å². The highest BCUT2D eigenvalue weighted by molar-refractivity contribution is 6.00. The second kappa shape index (κ2) is 19.4. The molecule has 0 radical (unpaired) electrons. The van der Waals surface area contributed by atoms with Crippen LogP contribution in [0, 0.1) is 52.8 Å². The third-order valence-corrected chi connectivity index (χ3v) is 8.96. The number of carbonyl (C=O) groups excluding carboxylic acids is 2. The Morgan fingerprint density at radius 3 is 0.982 bits per heavy atom. The Labute approximate surface area is 334 Å². The quantitative estimate of drug-likeness (QED) is 0.0792. The molecule has 6 aromatic rings. The lowest BCUT2D eigenvalue weighted by Crippen LogP contribution is -2.40. The first-order valence-corrected chi connectivity index (χ1v) is 18.2. The SMILES string of the molecule is COC(=O)C(CC#CC#Cc1ccc(N(c2ccccc2)c2ccccc2)cc1)(CC#CC#Cc1ccc(N(c2ccccc2)c2ccccc2)cc1)C(=O)OC. The number of hydrogen-bond acceptors (Lipinski definition) is 6. The molecule has 276 valence electrons. The zero-order valence-electron chi connectivity index (χ0n) is 31.6. The topological polar surface area (TPSA) is 59.1 Å². The van der Waals surface area contributed by atoms with Gasteiger partial charge in [0.25, 0.3) is 0 Å². The van der Waals surface area contributed by atoms with E-state index < -0.39 is 17.4 Å². The molecule has 0 amide bonds. The number of para-hydroxylation sites is 4. The molecule has 0 bridgehead atoms. The van der Waals surface area contributed by atoms with Crippen molar-refractivity contribution in [3.05, 3.63) is 181 Å². The first kappa shape index (κ1) is 38.8. The van der Waals surface area contributed by atoms with Gasteiger partial charge in [-0.3, -0.25) is 9.59 Å². The number of benzene rings is 6. The van der Waals surface area contributed by atoms with E-state index >= 15 is 0 Å². The maximum atomic E-state index is 13.0. The van der Waals surface area contributed by atoms with Crippen molar-refractivity contribution in [1.82, 2.24) is 0 Å². The van der Waals surface area contributed by atoms with Crippen LogP contribution >= 0.6 is 0 Å². The fourth-order valence-corrected chi connectivity index (χ4v) is 6.10. The highest BCUT2D eigenvalue weighted by Crippen LogP contribution is 2.35. The number of hydrogen-bond donors (Lipinski definition) is 0. The van der Waals surface area contributed by atoms with Crippen LogP contribution in [0.3, 0.4) is 0 Å². The average Bonchev–Trinajstić information content (AvgIpc) is 3.27. The van der Waals surface area contributed by atoms with Crippen molar-refractivity contribution in [3.8, 4) is 47.4 Å². The van der Waals surface area contributed by atoms with Crippen LogP contribution in [0.4, 0.5) is 34.1 Å². The summed E-state index contributed by atoms with van der Waals surface area (Å²) < 4.78 is 10.0. The average molecular weight is 743 g/mol. The Morgan fingerprint density at radius 2 is 0.702 bits per heavy atom. The lowest BCUT2D eigenvalue weighted by atomic mass is 9.81. The minimum atomic E-state index is -1.77. The van der Waals surface area contributed by atoms with Gasteiger partial charge in [-0.2, -0.15) is 0 Å². The Kier molecular flexibility index (Phi) is 13.2. The third kappa shape index (κ3) is 9.81. The van der Waals surface area contributed by atoms with E-state index in [1.807, 2.05) is 121 Å². The first-order valence-electron chi connectivity index (χ1n) is 18.2. The molecule has 0 spiro atoms. The molecule has 0 saturated heterocycles. The number of ether oxygens (including phenoxy) is 2. The van der Waals surface area contributed by atoms with Crippen molar-refractivity contribution in [2.24, 2.45) is 5.41 Å². The molecular weight excluding hydrogens is 705 g/mol. The van der Waals surface area contributed by atoms with Crippen molar-refractivity contribution >= 4 is 46.1 Å². The van der Waals surface area contributed by atoms with Gasteiger partial charge in [-0.1, -0.05) is 96.5 Å². The van der Waals surface area contributed by atoms with Gasteiger partial charge in [0.05, 0.1) is 14.2 Å². The van der Waals surface area contributed by atoms with E-state index in [-0.39, 0.29) is 12.8 Å². The minimum Gasteiger partial charge on any atom is -0.468 e. The fourth-order valence-electron chi connectivity index (χ4n) is 6.10. The van der Waals surface area contributed by atoms with Gasteiger partial charge in [0.15, 0.2) is 5.41 Å². The smallest absolute Gasteiger partial charge is 0.325 e. The van der Waals surface area contributed by atoms with Crippen LogP contribution in [0.1, 0.15) is 24.0 Å². The molecule has 0 aromatic heterocycles. The molecule has 6 heteroatoms. The Balaban J connectivity index is 1.15. The lowest BCUT2D eigenvalue weighted by Gasteiger charge is -2.25. The Bertz CT molecular complexity index is 2270. The second-order valence-electron chi connectivity index (χ2n) is 12.6. The van der Waals surface area contributed by atoms with E-state index in [0.717, 1.165) is 45.3 Å². The van der Waals surface area contributed by atoms with Crippen LogP contribution in [-0.4, -0.2) is 26.2 Å². The highest BCUT2D eigenvalue weighted by Gasteiger charge is 2.47. The monoisotopic (exact) mass is 742 g/mol. The number of nitrogens with zero attached hydrogens (tertiary/aromatic N) is 2. The van der Waals surface area contributed by atoms with Gasteiger partial charge in [-0.25, -0.2) is 0 Å². The highest BCUT2D eigenvalue weighted by atomic mass is 16.5. The van der Waals surface area contributed by atoms with E-state index in [2.05, 4.69) is 106 Å². The summed E-state index contributed by atoms with van der Waals surface area (Å²) in [5.41, 5.74) is 5.82. The van der Waals surface area contributed by atoms with Gasteiger partial charge in [0.1, 0.15) is 0 Å². The molecule has 0 atom stereocenters. The molecule has 6 rings (SSSR count). The predicted octanol–water partition coefficient (Wildman–Crippen LogP) is 10.1. The van der Waals surface area contributed by atoms with Crippen LogP contribution in [0.5, 0.6) is 0 Å². The van der Waals surface area contributed by atoms with Gasteiger partial charge >= 0.3 is 11.9 Å². The van der Waals surface area contributed by atoms with Crippen LogP contribution in [0.15, 0.2) is 170 Å². The Hall–Kier alpha value is -7.90. The number of anilines is 6. The van der Waals surface area contributed by atoms with Crippen molar-refractivity contribution in [1.29, 1.82) is 0 Å². The van der Waals surface area contributed by atoms with Crippen molar-refractivity contribution in [2.75, 3.05) is 24.0 Å². The molecule has 0 fully saturated rings. The minimum absolute atomic E-state index is 0.202. The molecular formula is C51H38N2O4. The van der Waals surface area contributed by atoms with Crippen molar-refractivity contribution < 1.29 is 19.1 Å². The van der Waals surface area contributed by atoms with Gasteiger partial charge in [0, 0.05) is 58.1 Å². The molecule has 0 saturated carbocycles. The maximum absolute atomic E-state index is 13.0. The van der Waals surface area contributed by atoms with E-state index in [0.29, 0.717) is 0 Å². The molecule has 0 aliphatic rings. The van der Waals surface area contributed by atoms with Crippen molar-refractivity contribution in [2.45, 2.75) is 12.8 Å². The molecule has 0 N–H and O–H groups in total. The largest absolute Gasteiger partial charge is 0.468 e. The predicted molar refractivity (Wildman–Crippen MR) is 227 cm³/mol. The van der Waals surface area contributed by atoms with E-state index in [1.54, 1.807) is 0 Å². The summed E-state index contributed by atoms with van der Waals surface area (Å²) in [6, 6.07) is 56.2. The number of carbonyl (C=O) groups is 2. The summed E-state index contributed by atoms with van der Waals surface area (Å²) in [7, 11) is 2.42. The molecule has 6 nitrogen and oxygen atoms in total. The van der Waals surface area contributed by atoms with Crippen LogP contribution in [0.2, 0.25) is 0 Å². The van der Waals surface area contributed by atoms with Gasteiger partial charge in [-0.15, -0.1) is 0 Å². The van der Waals surface area contributed by atoms with Crippen LogP contribution in [-0.2, 0) is 19.1 Å². The lowest BCUT2D eigenvalue weighted by molar-refractivity contribution is -0.168. The molecule has 0 unspecified atom stereocenters. The summed E-state index contributed by atoms with van der Waals surface area (Å²) >= 11 is 0. The molecule has 0 aliphatic heterocycles. The van der Waals surface area contributed by atoms with Gasteiger partial charge < -0.3 is 19.3 Å². The molecule has 57 heavy (non-hydrogen) atoms. The third-order valence-electron chi connectivity index (χ3n) is 8.96. The van der Waals surface area contributed by atoms with E-state index in [4.69, 9.17) is 9.47 Å². The standard InChI is InChI=1S/C51H38N2O4/c1-56-49(54)51(50(55)57-2,39-19-7-9-21-41-31-35-47(36-32-41)52(43-23-11-3-12-24-43)44-25-13-4-14-26-44)40-20-8-10-22-42-33-37-48(38-34-42)53(45-27-15-5-16-28-45)46-29-17-6-18-30-46/h3-6,11-18,23-38H,39-40H2,1-2H3.